The zero-order valence-electron chi connectivity index (χ0n) is 33.9. The van der Waals surface area contributed by atoms with Crippen molar-refractivity contribution in [3.05, 3.63) is 246 Å². The lowest BCUT2D eigenvalue weighted by Gasteiger charge is -2.35. The molecule has 2 nitrogen and oxygen atoms in total. The second-order valence-corrected chi connectivity index (χ2v) is 16.6. The van der Waals surface area contributed by atoms with E-state index in [9.17, 15) is 0 Å². The number of furan rings is 1. The Morgan fingerprint density at radius 2 is 1.02 bits per heavy atom. The van der Waals surface area contributed by atoms with Crippen LogP contribution in [-0.4, -0.2) is 0 Å². The fourth-order valence-electron chi connectivity index (χ4n) is 10.5. The van der Waals surface area contributed by atoms with E-state index < -0.39 is 5.41 Å². The summed E-state index contributed by atoms with van der Waals surface area (Å²) in [6.07, 6.45) is 4.74. The van der Waals surface area contributed by atoms with Gasteiger partial charge in [0.2, 0.25) is 0 Å². The lowest BCUT2D eigenvalue weighted by atomic mass is 9.67. The van der Waals surface area contributed by atoms with Crippen LogP contribution in [0.1, 0.15) is 46.2 Å². The van der Waals surface area contributed by atoms with Gasteiger partial charge in [-0.2, -0.15) is 0 Å². The molecule has 0 N–H and O–H groups in total. The molecule has 0 amide bonds. The molecule has 0 saturated heterocycles. The van der Waals surface area contributed by atoms with Crippen LogP contribution in [0.25, 0.3) is 55.3 Å². The van der Waals surface area contributed by atoms with Gasteiger partial charge >= 0.3 is 0 Å². The van der Waals surface area contributed by atoms with Crippen LogP contribution < -0.4 is 4.90 Å². The molecular weight excluding hydrogens is 739 g/mol. The van der Waals surface area contributed by atoms with E-state index in [-0.39, 0.29) is 0 Å². The highest BCUT2D eigenvalue weighted by atomic mass is 16.3. The highest BCUT2D eigenvalue weighted by Crippen LogP contribution is 2.59. The average molecular weight is 782 g/mol. The maximum atomic E-state index is 6.90. The maximum absolute atomic E-state index is 6.90. The van der Waals surface area contributed by atoms with Crippen molar-refractivity contribution in [3.8, 4) is 33.4 Å². The minimum absolute atomic E-state index is 0.564. The highest BCUT2D eigenvalue weighted by Gasteiger charge is 2.47. The van der Waals surface area contributed by atoms with Crippen molar-refractivity contribution in [2.24, 2.45) is 0 Å². The van der Waals surface area contributed by atoms with Crippen LogP contribution in [0.5, 0.6) is 0 Å². The van der Waals surface area contributed by atoms with Crippen LogP contribution in [-0.2, 0) is 18.3 Å². The van der Waals surface area contributed by atoms with Gasteiger partial charge in [-0.05, 0) is 123 Å². The van der Waals surface area contributed by atoms with E-state index in [1.165, 1.54) is 79.6 Å². The Morgan fingerprint density at radius 1 is 0.393 bits per heavy atom. The Labute approximate surface area is 357 Å². The molecule has 1 aromatic heterocycles. The van der Waals surface area contributed by atoms with Gasteiger partial charge in [-0.15, -0.1) is 0 Å². The predicted molar refractivity (Wildman–Crippen MR) is 253 cm³/mol. The maximum Gasteiger partial charge on any atom is 0.159 e. The third kappa shape index (κ3) is 5.63. The molecule has 1 heterocycles. The van der Waals surface area contributed by atoms with Crippen molar-refractivity contribution >= 4 is 39.0 Å². The van der Waals surface area contributed by atoms with Gasteiger partial charge in [0.1, 0.15) is 5.58 Å². The third-order valence-corrected chi connectivity index (χ3v) is 13.3. The van der Waals surface area contributed by atoms with Crippen LogP contribution in [0.15, 0.2) is 217 Å². The molecule has 10 aromatic rings. The number of aryl methyl sites for hydroxylation is 2. The van der Waals surface area contributed by atoms with E-state index in [1.54, 1.807) is 0 Å². The van der Waals surface area contributed by atoms with Gasteiger partial charge in [0.05, 0.1) is 16.8 Å². The first kappa shape index (κ1) is 35.5. The van der Waals surface area contributed by atoms with Crippen LogP contribution in [0.4, 0.5) is 17.1 Å². The van der Waals surface area contributed by atoms with Crippen molar-refractivity contribution in [1.29, 1.82) is 0 Å². The fourth-order valence-corrected chi connectivity index (χ4v) is 10.5. The van der Waals surface area contributed by atoms with E-state index in [4.69, 9.17) is 4.42 Å². The molecule has 2 aliphatic carbocycles. The van der Waals surface area contributed by atoms with Gasteiger partial charge in [-0.3, -0.25) is 0 Å². The Bertz CT molecular complexity index is 3200. The molecule has 0 unspecified atom stereocenters. The number of anilines is 3. The van der Waals surface area contributed by atoms with E-state index in [0.717, 1.165) is 51.8 Å². The van der Waals surface area contributed by atoms with Crippen LogP contribution in [0.3, 0.4) is 0 Å². The van der Waals surface area contributed by atoms with E-state index in [1.807, 2.05) is 0 Å². The Hall–Kier alpha value is -7.42. The molecule has 2 aliphatic rings. The minimum Gasteiger partial charge on any atom is -0.454 e. The molecule has 0 radical (unpaired) electrons. The first-order valence-electron chi connectivity index (χ1n) is 21.6. The monoisotopic (exact) mass is 781 g/mol. The quantitative estimate of drug-likeness (QED) is 0.160. The SMILES string of the molecule is c1ccc(-c2ccc(N(c3cc4c(cc3-c3ccc5c(c3)CCCC5)-c3ccccc3C4(c3ccccc3)c3ccccc3)c3cccc4c3oc3ccccc34)cc2)cc1. The van der Waals surface area contributed by atoms with E-state index >= 15 is 0 Å². The highest BCUT2D eigenvalue weighted by molar-refractivity contribution is 6.11. The van der Waals surface area contributed by atoms with Crippen LogP contribution in [0.2, 0.25) is 0 Å². The molecule has 0 atom stereocenters. The third-order valence-electron chi connectivity index (χ3n) is 13.3. The van der Waals surface area contributed by atoms with E-state index in [0.29, 0.717) is 0 Å². The van der Waals surface area contributed by atoms with Gasteiger partial charge in [-0.1, -0.05) is 176 Å². The topological polar surface area (TPSA) is 16.4 Å². The molecule has 0 saturated carbocycles. The second kappa shape index (κ2) is 14.4. The number of fused-ring (bicyclic) bond motifs is 7. The van der Waals surface area contributed by atoms with Crippen molar-refractivity contribution in [3.63, 3.8) is 0 Å². The summed E-state index contributed by atoms with van der Waals surface area (Å²) >= 11 is 0. The van der Waals surface area contributed by atoms with Gasteiger partial charge in [0.25, 0.3) is 0 Å². The number of benzene rings is 9. The van der Waals surface area contributed by atoms with E-state index in [2.05, 4.69) is 217 Å². The Morgan fingerprint density at radius 3 is 1.79 bits per heavy atom. The number of nitrogens with zero attached hydrogens (tertiary/aromatic N) is 1. The number of para-hydroxylation sites is 2. The summed E-state index contributed by atoms with van der Waals surface area (Å²) in [5, 5.41) is 2.22. The normalized spacial score (nSPS) is 13.8. The predicted octanol–water partition coefficient (Wildman–Crippen LogP) is 15.6. The average Bonchev–Trinajstić information content (AvgIpc) is 3.86. The summed E-state index contributed by atoms with van der Waals surface area (Å²) in [6.45, 7) is 0. The van der Waals surface area contributed by atoms with Gasteiger partial charge in [-0.25, -0.2) is 0 Å². The zero-order chi connectivity index (χ0) is 40.3. The fraction of sp³-hybridized carbons (Fsp3) is 0.0847. The molecular formula is C59H43NO. The molecule has 0 bridgehead atoms. The summed E-state index contributed by atoms with van der Waals surface area (Å²) in [5.74, 6) is 0. The lowest BCUT2D eigenvalue weighted by Crippen LogP contribution is -2.28. The Balaban J connectivity index is 1.21. The largest absolute Gasteiger partial charge is 0.454 e. The minimum atomic E-state index is -0.564. The molecule has 290 valence electrons. The van der Waals surface area contributed by atoms with Crippen molar-refractivity contribution in [1.82, 2.24) is 0 Å². The van der Waals surface area contributed by atoms with Gasteiger partial charge in [0.15, 0.2) is 5.58 Å². The van der Waals surface area contributed by atoms with Crippen molar-refractivity contribution < 1.29 is 4.42 Å². The molecule has 2 heteroatoms. The smallest absolute Gasteiger partial charge is 0.159 e. The first-order valence-corrected chi connectivity index (χ1v) is 21.6. The number of rotatable bonds is 7. The van der Waals surface area contributed by atoms with Gasteiger partial charge in [0, 0.05) is 22.0 Å². The molecule has 12 rings (SSSR count). The molecule has 0 spiro atoms. The standard InChI is InChI=1S/C59H43NO/c1-4-17-40(18-5-1)42-33-35-47(36-34-42)60(55-29-16-27-50-49-26-13-15-30-57(49)61-58(50)55)56-39-54-52(38-51(56)44-32-31-41-19-10-11-20-43(41)37-44)48-25-12-14-28-53(48)59(54,45-21-6-2-7-22-45)46-23-8-3-9-24-46/h1-9,12-18,21-39H,10-11,19-20H2. The van der Waals surface area contributed by atoms with Crippen molar-refractivity contribution in [2.45, 2.75) is 31.1 Å². The van der Waals surface area contributed by atoms with Crippen molar-refractivity contribution in [2.75, 3.05) is 4.90 Å². The molecule has 0 fully saturated rings. The summed E-state index contributed by atoms with van der Waals surface area (Å²) in [7, 11) is 0. The summed E-state index contributed by atoms with van der Waals surface area (Å²) in [6, 6.07) is 78.4. The van der Waals surface area contributed by atoms with Crippen LogP contribution >= 0.6 is 0 Å². The summed E-state index contributed by atoms with van der Waals surface area (Å²) < 4.78 is 6.90. The molecule has 61 heavy (non-hydrogen) atoms. The number of hydrogen-bond acceptors (Lipinski definition) is 2. The molecule has 0 aliphatic heterocycles. The van der Waals surface area contributed by atoms with Gasteiger partial charge < -0.3 is 9.32 Å². The summed E-state index contributed by atoms with van der Waals surface area (Å²) in [4.78, 5) is 2.47. The molecule has 9 aromatic carbocycles. The summed E-state index contributed by atoms with van der Waals surface area (Å²) in [5.41, 5.74) is 19.7. The van der Waals surface area contributed by atoms with Crippen LogP contribution in [0, 0.1) is 0 Å². The lowest BCUT2D eigenvalue weighted by molar-refractivity contribution is 0.669. The zero-order valence-corrected chi connectivity index (χ0v) is 33.9. The second-order valence-electron chi connectivity index (χ2n) is 16.6. The Kier molecular flexibility index (Phi) is 8.38. The number of hydrogen-bond donors (Lipinski definition) is 0. The first-order chi connectivity index (χ1) is 30.3.